The van der Waals surface area contributed by atoms with Crippen molar-refractivity contribution >= 4 is 17.4 Å². The third-order valence-corrected chi connectivity index (χ3v) is 4.24. The zero-order chi connectivity index (χ0) is 15.5. The molecule has 0 amide bonds. The van der Waals surface area contributed by atoms with Crippen molar-refractivity contribution in [3.63, 3.8) is 0 Å². The molecule has 21 heavy (non-hydrogen) atoms. The molecule has 1 fully saturated rings. The largest absolute Gasteiger partial charge is 0.355 e. The van der Waals surface area contributed by atoms with Gasteiger partial charge in [-0.1, -0.05) is 39.3 Å². The van der Waals surface area contributed by atoms with Gasteiger partial charge < -0.3 is 10.2 Å². The van der Waals surface area contributed by atoms with Gasteiger partial charge in [-0.3, -0.25) is 0 Å². The van der Waals surface area contributed by atoms with E-state index in [0.29, 0.717) is 11.3 Å². The first kappa shape index (κ1) is 16.6. The lowest BCUT2D eigenvalue weighted by Gasteiger charge is -2.39. The fourth-order valence-electron chi connectivity index (χ4n) is 2.91. The Labute approximate surface area is 134 Å². The van der Waals surface area contributed by atoms with E-state index in [-0.39, 0.29) is 0 Å². The normalized spacial score (nSPS) is 18.3. The maximum atomic E-state index is 6.47. The van der Waals surface area contributed by atoms with Crippen LogP contribution in [0.25, 0.3) is 0 Å². The second kappa shape index (κ2) is 6.97. The standard InChI is InChI=1S/C17H28ClN3/c1-13(2)9-19-10-14-8-15(18)16(20-11-14)21-7-5-6-17(3,4)12-21/h8,11,13,19H,5-7,9-10,12H2,1-4H3. The lowest BCUT2D eigenvalue weighted by atomic mass is 9.84. The molecule has 1 N–H and O–H groups in total. The van der Waals surface area contributed by atoms with Gasteiger partial charge in [0.2, 0.25) is 0 Å². The molecule has 1 aromatic heterocycles. The Hall–Kier alpha value is -0.800. The minimum absolute atomic E-state index is 0.348. The summed E-state index contributed by atoms with van der Waals surface area (Å²) in [5.74, 6) is 1.60. The van der Waals surface area contributed by atoms with Crippen molar-refractivity contribution in [2.45, 2.75) is 47.1 Å². The molecule has 2 heterocycles. The fraction of sp³-hybridized carbons (Fsp3) is 0.706. The van der Waals surface area contributed by atoms with Crippen molar-refractivity contribution in [1.29, 1.82) is 0 Å². The summed E-state index contributed by atoms with van der Waals surface area (Å²) in [6.07, 6.45) is 4.44. The molecule has 1 aromatic rings. The quantitative estimate of drug-likeness (QED) is 0.887. The highest BCUT2D eigenvalue weighted by Gasteiger charge is 2.28. The van der Waals surface area contributed by atoms with Crippen molar-refractivity contribution in [2.24, 2.45) is 11.3 Å². The number of hydrogen-bond donors (Lipinski definition) is 1. The molecule has 118 valence electrons. The number of rotatable bonds is 5. The minimum atomic E-state index is 0.348. The highest BCUT2D eigenvalue weighted by Crippen LogP contribution is 2.33. The molecule has 0 saturated carbocycles. The number of nitrogens with zero attached hydrogens (tertiary/aromatic N) is 2. The van der Waals surface area contributed by atoms with Crippen LogP contribution in [0.5, 0.6) is 0 Å². The maximum Gasteiger partial charge on any atom is 0.147 e. The number of piperidine rings is 1. The van der Waals surface area contributed by atoms with E-state index in [4.69, 9.17) is 11.6 Å². The summed E-state index contributed by atoms with van der Waals surface area (Å²) in [7, 11) is 0. The molecule has 4 heteroatoms. The molecule has 0 aromatic carbocycles. The molecule has 0 aliphatic carbocycles. The molecular weight excluding hydrogens is 282 g/mol. The van der Waals surface area contributed by atoms with Crippen LogP contribution in [0.15, 0.2) is 12.3 Å². The molecule has 1 saturated heterocycles. The predicted octanol–water partition coefficient (Wildman–Crippen LogP) is 4.11. The van der Waals surface area contributed by atoms with E-state index >= 15 is 0 Å². The number of aromatic nitrogens is 1. The Kier molecular flexibility index (Phi) is 5.50. The van der Waals surface area contributed by atoms with Crippen molar-refractivity contribution in [3.05, 3.63) is 22.8 Å². The molecular formula is C17H28ClN3. The molecule has 1 aliphatic heterocycles. The Morgan fingerprint density at radius 2 is 2.19 bits per heavy atom. The molecule has 3 nitrogen and oxygen atoms in total. The Balaban J connectivity index is 2.02. The first-order valence-electron chi connectivity index (χ1n) is 7.97. The molecule has 2 rings (SSSR count). The lowest BCUT2D eigenvalue weighted by Crippen LogP contribution is -2.40. The highest BCUT2D eigenvalue weighted by molar-refractivity contribution is 6.33. The van der Waals surface area contributed by atoms with Crippen LogP contribution in [0.3, 0.4) is 0 Å². The van der Waals surface area contributed by atoms with Gasteiger partial charge in [-0.05, 0) is 42.3 Å². The summed E-state index contributed by atoms with van der Waals surface area (Å²) in [4.78, 5) is 6.95. The Bertz CT molecular complexity index is 471. The van der Waals surface area contributed by atoms with Crippen molar-refractivity contribution in [1.82, 2.24) is 10.3 Å². The van der Waals surface area contributed by atoms with E-state index in [2.05, 4.69) is 49.0 Å². The minimum Gasteiger partial charge on any atom is -0.355 e. The van der Waals surface area contributed by atoms with Gasteiger partial charge in [0.05, 0.1) is 5.02 Å². The van der Waals surface area contributed by atoms with Crippen molar-refractivity contribution in [2.75, 3.05) is 24.5 Å². The van der Waals surface area contributed by atoms with E-state index < -0.39 is 0 Å². The first-order chi connectivity index (χ1) is 9.87. The van der Waals surface area contributed by atoms with E-state index in [1.165, 1.54) is 12.8 Å². The summed E-state index contributed by atoms with van der Waals surface area (Å²) >= 11 is 6.47. The average molecular weight is 310 g/mol. The molecule has 0 bridgehead atoms. The van der Waals surface area contributed by atoms with Crippen LogP contribution in [0.2, 0.25) is 5.02 Å². The van der Waals surface area contributed by atoms with E-state index in [9.17, 15) is 0 Å². The van der Waals surface area contributed by atoms with E-state index in [0.717, 1.165) is 42.6 Å². The van der Waals surface area contributed by atoms with Gasteiger partial charge in [-0.15, -0.1) is 0 Å². The first-order valence-corrected chi connectivity index (χ1v) is 8.35. The smallest absolute Gasteiger partial charge is 0.147 e. The summed E-state index contributed by atoms with van der Waals surface area (Å²) in [6.45, 7) is 13.0. The highest BCUT2D eigenvalue weighted by atomic mass is 35.5. The van der Waals surface area contributed by atoms with Crippen LogP contribution in [0.4, 0.5) is 5.82 Å². The van der Waals surface area contributed by atoms with E-state index in [1.807, 2.05) is 6.20 Å². The maximum absolute atomic E-state index is 6.47. The molecule has 0 spiro atoms. The zero-order valence-corrected chi connectivity index (χ0v) is 14.5. The summed E-state index contributed by atoms with van der Waals surface area (Å²) in [5, 5.41) is 4.20. The van der Waals surface area contributed by atoms with Crippen molar-refractivity contribution in [3.8, 4) is 0 Å². The van der Waals surface area contributed by atoms with Crippen LogP contribution < -0.4 is 10.2 Å². The van der Waals surface area contributed by atoms with E-state index in [1.54, 1.807) is 0 Å². The predicted molar refractivity (Wildman–Crippen MR) is 91.0 cm³/mol. The van der Waals surface area contributed by atoms with Crippen LogP contribution in [0.1, 0.15) is 46.1 Å². The van der Waals surface area contributed by atoms with Crippen LogP contribution in [-0.2, 0) is 6.54 Å². The van der Waals surface area contributed by atoms with Gasteiger partial charge in [-0.2, -0.15) is 0 Å². The number of hydrogen-bond acceptors (Lipinski definition) is 3. The van der Waals surface area contributed by atoms with Gasteiger partial charge in [0.1, 0.15) is 5.82 Å². The topological polar surface area (TPSA) is 28.2 Å². The Morgan fingerprint density at radius 1 is 1.43 bits per heavy atom. The van der Waals surface area contributed by atoms with Gasteiger partial charge in [-0.25, -0.2) is 4.98 Å². The second-order valence-corrected chi connectivity index (χ2v) is 7.77. The second-order valence-electron chi connectivity index (χ2n) is 7.36. The SMILES string of the molecule is CC(C)CNCc1cnc(N2CCCC(C)(C)C2)c(Cl)c1. The molecule has 0 radical (unpaired) electrons. The number of halogens is 1. The molecule has 0 atom stereocenters. The third kappa shape index (κ3) is 4.86. The van der Waals surface area contributed by atoms with Crippen LogP contribution in [-0.4, -0.2) is 24.6 Å². The number of pyridine rings is 1. The number of anilines is 1. The molecule has 1 aliphatic rings. The average Bonchev–Trinajstić information content (AvgIpc) is 2.37. The van der Waals surface area contributed by atoms with Crippen LogP contribution >= 0.6 is 11.6 Å². The van der Waals surface area contributed by atoms with Gasteiger partial charge in [0.15, 0.2) is 0 Å². The monoisotopic (exact) mass is 309 g/mol. The Morgan fingerprint density at radius 3 is 2.81 bits per heavy atom. The summed E-state index contributed by atoms with van der Waals surface area (Å²) in [6, 6.07) is 2.05. The van der Waals surface area contributed by atoms with Gasteiger partial charge >= 0.3 is 0 Å². The number of nitrogens with one attached hydrogen (secondary N) is 1. The summed E-state index contributed by atoms with van der Waals surface area (Å²) in [5.41, 5.74) is 1.50. The third-order valence-electron chi connectivity index (χ3n) is 3.96. The lowest BCUT2D eigenvalue weighted by molar-refractivity contribution is 0.292. The van der Waals surface area contributed by atoms with Gasteiger partial charge in [0.25, 0.3) is 0 Å². The summed E-state index contributed by atoms with van der Waals surface area (Å²) < 4.78 is 0. The van der Waals surface area contributed by atoms with Crippen LogP contribution in [0, 0.1) is 11.3 Å². The zero-order valence-electron chi connectivity index (χ0n) is 13.7. The van der Waals surface area contributed by atoms with Crippen molar-refractivity contribution < 1.29 is 0 Å². The fourth-order valence-corrected chi connectivity index (χ4v) is 3.22. The van der Waals surface area contributed by atoms with Gasteiger partial charge in [0, 0.05) is 25.8 Å². The molecule has 0 unspecified atom stereocenters.